The van der Waals surface area contributed by atoms with Gasteiger partial charge < -0.3 is 4.74 Å². The van der Waals surface area contributed by atoms with Crippen molar-refractivity contribution in [2.75, 3.05) is 0 Å². The van der Waals surface area contributed by atoms with Gasteiger partial charge in [-0.2, -0.15) is 0 Å². The van der Waals surface area contributed by atoms with E-state index >= 15 is 0 Å². The summed E-state index contributed by atoms with van der Waals surface area (Å²) in [4.78, 5) is 31.1. The summed E-state index contributed by atoms with van der Waals surface area (Å²) in [5, 5.41) is 0. The third-order valence-corrected chi connectivity index (χ3v) is 6.45. The van der Waals surface area contributed by atoms with Gasteiger partial charge in [-0.25, -0.2) is 9.38 Å². The van der Waals surface area contributed by atoms with E-state index in [9.17, 15) is 14.0 Å². The van der Waals surface area contributed by atoms with Crippen molar-refractivity contribution >= 4 is 23.2 Å². The van der Waals surface area contributed by atoms with Crippen molar-refractivity contribution in [3.63, 3.8) is 0 Å². The second kappa shape index (κ2) is 6.22. The number of hydrogen-bond acceptors (Lipinski definition) is 5. The zero-order valence-corrected chi connectivity index (χ0v) is 16.6. The molecule has 7 heteroatoms. The van der Waals surface area contributed by atoms with Crippen LogP contribution in [0, 0.1) is 11.7 Å². The van der Waals surface area contributed by atoms with Gasteiger partial charge in [-0.05, 0) is 43.7 Å². The zero-order valence-electron chi connectivity index (χ0n) is 15.8. The Kier molecular flexibility index (Phi) is 3.86. The molecule has 5 nitrogen and oxygen atoms in total. The van der Waals surface area contributed by atoms with E-state index in [0.29, 0.717) is 20.6 Å². The van der Waals surface area contributed by atoms with Crippen molar-refractivity contribution in [3.8, 4) is 5.75 Å². The van der Waals surface area contributed by atoms with Gasteiger partial charge in [0.05, 0.1) is 10.6 Å². The van der Waals surface area contributed by atoms with Gasteiger partial charge in [0.15, 0.2) is 4.80 Å². The number of para-hydroxylation sites is 1. The average Bonchev–Trinajstić information content (AvgIpc) is 2.94. The van der Waals surface area contributed by atoms with Crippen LogP contribution in [0.5, 0.6) is 5.75 Å². The highest BCUT2D eigenvalue weighted by Crippen LogP contribution is 2.47. The van der Waals surface area contributed by atoms with Crippen LogP contribution in [0.2, 0.25) is 0 Å². The molecule has 3 heterocycles. The van der Waals surface area contributed by atoms with E-state index in [1.165, 1.54) is 30.4 Å². The second-order valence-corrected chi connectivity index (χ2v) is 8.47. The molecule has 5 rings (SSSR count). The minimum absolute atomic E-state index is 0.0878. The number of halogens is 1. The van der Waals surface area contributed by atoms with Crippen LogP contribution >= 0.6 is 11.3 Å². The molecule has 0 radical (unpaired) electrons. The average molecular weight is 408 g/mol. The van der Waals surface area contributed by atoms with Crippen LogP contribution in [-0.2, 0) is 4.79 Å². The number of hydrogen-bond donors (Lipinski definition) is 0. The molecule has 0 amide bonds. The Hall–Kier alpha value is -3.06. The molecular weight excluding hydrogens is 391 g/mol. The molecule has 0 unspecified atom stereocenters. The minimum atomic E-state index is -1.09. The second-order valence-electron chi connectivity index (χ2n) is 7.46. The van der Waals surface area contributed by atoms with Gasteiger partial charge in [0, 0.05) is 5.56 Å². The van der Waals surface area contributed by atoms with Gasteiger partial charge in [-0.3, -0.25) is 14.2 Å². The number of thiazole rings is 1. The Morgan fingerprint density at radius 1 is 1.28 bits per heavy atom. The molecule has 0 spiro atoms. The maximum absolute atomic E-state index is 13.6. The predicted molar refractivity (Wildman–Crippen MR) is 107 cm³/mol. The Labute approximate surface area is 169 Å². The first-order valence-corrected chi connectivity index (χ1v) is 10.1. The number of carbonyl (C=O) groups excluding carboxylic acids is 1. The molecule has 146 valence electrons. The van der Waals surface area contributed by atoms with E-state index in [1.807, 2.05) is 24.3 Å². The van der Waals surface area contributed by atoms with Crippen LogP contribution < -0.4 is 19.6 Å². The summed E-state index contributed by atoms with van der Waals surface area (Å²) in [6.45, 7) is 3.29. The van der Waals surface area contributed by atoms with Crippen LogP contribution in [0.25, 0.3) is 6.08 Å². The quantitative estimate of drug-likeness (QED) is 0.654. The van der Waals surface area contributed by atoms with Crippen LogP contribution in [0.3, 0.4) is 0 Å². The van der Waals surface area contributed by atoms with Gasteiger partial charge in [0.1, 0.15) is 23.3 Å². The van der Waals surface area contributed by atoms with E-state index in [-0.39, 0.29) is 17.2 Å². The Bertz CT molecular complexity index is 1340. The first-order chi connectivity index (χ1) is 13.9. The van der Waals surface area contributed by atoms with Crippen molar-refractivity contribution in [3.05, 3.63) is 85.2 Å². The van der Waals surface area contributed by atoms with E-state index in [0.717, 1.165) is 5.56 Å². The van der Waals surface area contributed by atoms with E-state index < -0.39 is 17.7 Å². The lowest BCUT2D eigenvalue weighted by Crippen LogP contribution is -2.58. The molecule has 0 saturated heterocycles. The highest BCUT2D eigenvalue weighted by atomic mass is 32.1. The number of rotatable bonds is 2. The van der Waals surface area contributed by atoms with Crippen LogP contribution in [0.1, 0.15) is 31.0 Å². The number of nitrogens with zero attached hydrogens (tertiary/aromatic N) is 2. The van der Waals surface area contributed by atoms with E-state index in [1.54, 1.807) is 29.7 Å². The molecule has 2 bridgehead atoms. The summed E-state index contributed by atoms with van der Waals surface area (Å²) in [5.74, 6) is -0.442. The Balaban J connectivity index is 1.81. The molecule has 3 aromatic rings. The maximum atomic E-state index is 13.6. The fourth-order valence-electron chi connectivity index (χ4n) is 4.30. The highest BCUT2D eigenvalue weighted by Gasteiger charge is 2.53. The zero-order chi connectivity index (χ0) is 20.3. The number of carbonyl (C=O) groups is 1. The molecule has 2 aliphatic heterocycles. The summed E-state index contributed by atoms with van der Waals surface area (Å²) in [5.41, 5.74) is 0.0555. The van der Waals surface area contributed by atoms with Crippen molar-refractivity contribution in [2.24, 2.45) is 10.9 Å². The predicted octanol–water partition coefficient (Wildman–Crippen LogP) is 2.41. The van der Waals surface area contributed by atoms with Gasteiger partial charge in [-0.15, -0.1) is 0 Å². The normalized spacial score (nSPS) is 24.9. The van der Waals surface area contributed by atoms with E-state index in [2.05, 4.69) is 4.99 Å². The molecular formula is C22H17FN2O3S. The van der Waals surface area contributed by atoms with Crippen molar-refractivity contribution < 1.29 is 13.9 Å². The first kappa shape index (κ1) is 18.0. The Morgan fingerprint density at radius 2 is 2.07 bits per heavy atom. The molecule has 0 saturated carbocycles. The molecule has 1 aromatic heterocycles. The van der Waals surface area contributed by atoms with Crippen LogP contribution in [0.4, 0.5) is 4.39 Å². The van der Waals surface area contributed by atoms with Crippen molar-refractivity contribution in [1.29, 1.82) is 0 Å². The third kappa shape index (κ3) is 2.68. The van der Waals surface area contributed by atoms with E-state index in [4.69, 9.17) is 4.74 Å². The van der Waals surface area contributed by atoms with Crippen LogP contribution in [0.15, 0.2) is 58.3 Å². The number of Topliss-reactive ketones (excluding diaryl/α,β-unsaturated/α-hetero) is 1. The molecule has 29 heavy (non-hydrogen) atoms. The summed E-state index contributed by atoms with van der Waals surface area (Å²) < 4.78 is 21.7. The smallest absolute Gasteiger partial charge is 0.270 e. The molecule has 2 aromatic carbocycles. The van der Waals surface area contributed by atoms with Crippen molar-refractivity contribution in [2.45, 2.75) is 25.6 Å². The summed E-state index contributed by atoms with van der Waals surface area (Å²) in [6, 6.07) is 13.0. The lowest BCUT2D eigenvalue weighted by molar-refractivity contribution is -0.132. The summed E-state index contributed by atoms with van der Waals surface area (Å²) in [6.07, 6.45) is 1.65. The lowest BCUT2D eigenvalue weighted by Gasteiger charge is -2.45. The molecule has 0 N–H and O–H groups in total. The number of aromatic nitrogens is 1. The highest BCUT2D eigenvalue weighted by molar-refractivity contribution is 7.07. The minimum Gasteiger partial charge on any atom is -0.465 e. The maximum Gasteiger partial charge on any atom is 0.270 e. The largest absolute Gasteiger partial charge is 0.465 e. The van der Waals surface area contributed by atoms with Gasteiger partial charge in [0.25, 0.3) is 5.56 Å². The molecule has 3 atom stereocenters. The lowest BCUT2D eigenvalue weighted by atomic mass is 9.79. The number of ketones is 1. The fourth-order valence-corrected chi connectivity index (χ4v) is 5.40. The van der Waals surface area contributed by atoms with Crippen molar-refractivity contribution in [1.82, 2.24) is 4.57 Å². The SMILES string of the molecule is CC(=O)[C@H]1[C@H]2c3ccccc3O[C@]1(C)N=c1s/c(=C\c3cccc(F)c3)c(=O)n12. The molecule has 0 aliphatic carbocycles. The molecule has 2 aliphatic rings. The Morgan fingerprint density at radius 3 is 2.83 bits per heavy atom. The van der Waals surface area contributed by atoms with Gasteiger partial charge >= 0.3 is 0 Å². The number of benzene rings is 2. The summed E-state index contributed by atoms with van der Waals surface area (Å²) in [7, 11) is 0. The standard InChI is InChI=1S/C22H17FN2O3S/c1-12(26)18-19-15-8-3-4-9-16(15)28-22(18,2)24-21-25(19)20(27)17(29-21)11-13-6-5-7-14(23)10-13/h3-11,18-19H,1-2H3/b17-11-/t18-,19+,22-/m0/s1. The monoisotopic (exact) mass is 408 g/mol. The first-order valence-electron chi connectivity index (χ1n) is 9.24. The topological polar surface area (TPSA) is 60.7 Å². The number of fused-ring (bicyclic) bond motifs is 6. The van der Waals surface area contributed by atoms with Gasteiger partial charge in [-0.1, -0.05) is 41.7 Å². The third-order valence-electron chi connectivity index (χ3n) is 5.46. The summed E-state index contributed by atoms with van der Waals surface area (Å²) >= 11 is 1.22. The molecule has 0 fully saturated rings. The van der Waals surface area contributed by atoms with Crippen LogP contribution in [-0.4, -0.2) is 16.1 Å². The fraction of sp³-hybridized carbons (Fsp3) is 0.227. The number of ether oxygens (including phenoxy) is 1. The van der Waals surface area contributed by atoms with Gasteiger partial charge in [0.2, 0.25) is 5.72 Å².